The maximum Gasteiger partial charge on any atom is 0.338 e. The molecular weight excluding hydrogens is 501 g/mol. The standard InChI is InChI=1S/C23H17Cl2N3O3S2/c1-13-16(24)10-26-21(20(13)25)28-19(29)11-31-22(30)15-8-6-14(7-9-15)12-32-23-27-17-4-2-3-5-18(17)33-23/h2-10H,11-12H2,1H3,(H,26,28,29). The van der Waals surface area contributed by atoms with Crippen LogP contribution in [0.25, 0.3) is 10.2 Å². The fourth-order valence-electron chi connectivity index (χ4n) is 2.82. The number of esters is 1. The molecule has 0 bridgehead atoms. The van der Waals surface area contributed by atoms with E-state index in [-0.39, 0.29) is 10.8 Å². The molecule has 0 spiro atoms. The van der Waals surface area contributed by atoms with E-state index in [0.717, 1.165) is 25.9 Å². The van der Waals surface area contributed by atoms with E-state index in [2.05, 4.69) is 21.4 Å². The Morgan fingerprint density at radius 1 is 1.12 bits per heavy atom. The number of pyridine rings is 1. The van der Waals surface area contributed by atoms with Crippen LogP contribution in [0.4, 0.5) is 5.82 Å². The number of carbonyl (C=O) groups excluding carboxylic acids is 2. The predicted octanol–water partition coefficient (Wildman–Crippen LogP) is 6.39. The number of anilines is 1. The van der Waals surface area contributed by atoms with Crippen LogP contribution in [-0.2, 0) is 15.3 Å². The summed E-state index contributed by atoms with van der Waals surface area (Å²) in [6.07, 6.45) is 1.39. The lowest BCUT2D eigenvalue weighted by Crippen LogP contribution is -2.21. The number of halogens is 2. The molecule has 168 valence electrons. The van der Waals surface area contributed by atoms with Crippen molar-refractivity contribution in [1.29, 1.82) is 0 Å². The van der Waals surface area contributed by atoms with E-state index >= 15 is 0 Å². The summed E-state index contributed by atoms with van der Waals surface area (Å²) in [6, 6.07) is 15.1. The number of para-hydroxylation sites is 1. The fraction of sp³-hybridized carbons (Fsp3) is 0.130. The number of carbonyl (C=O) groups is 2. The lowest BCUT2D eigenvalue weighted by Gasteiger charge is -2.09. The van der Waals surface area contributed by atoms with Gasteiger partial charge in [-0.1, -0.05) is 59.2 Å². The van der Waals surface area contributed by atoms with Crippen molar-refractivity contribution in [2.45, 2.75) is 17.0 Å². The van der Waals surface area contributed by atoms with Crippen LogP contribution in [0, 0.1) is 6.92 Å². The lowest BCUT2D eigenvalue weighted by molar-refractivity contribution is -0.119. The minimum atomic E-state index is -0.595. The van der Waals surface area contributed by atoms with E-state index in [1.165, 1.54) is 6.20 Å². The molecule has 1 N–H and O–H groups in total. The Morgan fingerprint density at radius 3 is 2.64 bits per heavy atom. The summed E-state index contributed by atoms with van der Waals surface area (Å²) in [6.45, 7) is 1.25. The van der Waals surface area contributed by atoms with Crippen molar-refractivity contribution < 1.29 is 14.3 Å². The van der Waals surface area contributed by atoms with Gasteiger partial charge < -0.3 is 10.1 Å². The molecule has 6 nitrogen and oxygen atoms in total. The highest BCUT2D eigenvalue weighted by Crippen LogP contribution is 2.31. The highest BCUT2D eigenvalue weighted by atomic mass is 35.5. The van der Waals surface area contributed by atoms with Gasteiger partial charge in [0.05, 0.1) is 25.8 Å². The third-order valence-electron chi connectivity index (χ3n) is 4.62. The van der Waals surface area contributed by atoms with Gasteiger partial charge in [0.15, 0.2) is 16.8 Å². The average molecular weight is 518 g/mol. The van der Waals surface area contributed by atoms with E-state index in [9.17, 15) is 9.59 Å². The number of nitrogens with one attached hydrogen (secondary N) is 1. The molecule has 0 radical (unpaired) electrons. The number of nitrogens with zero attached hydrogens (tertiary/aromatic N) is 2. The topological polar surface area (TPSA) is 81.2 Å². The first-order valence-corrected chi connectivity index (χ1v) is 12.3. The molecule has 1 amide bonds. The van der Waals surface area contributed by atoms with E-state index in [1.54, 1.807) is 42.2 Å². The molecule has 0 aliphatic rings. The lowest BCUT2D eigenvalue weighted by atomic mass is 10.1. The minimum absolute atomic E-state index is 0.162. The molecule has 2 heterocycles. The molecule has 2 aromatic carbocycles. The van der Waals surface area contributed by atoms with Gasteiger partial charge in [0.25, 0.3) is 5.91 Å². The number of thiazole rings is 1. The Hall–Kier alpha value is -2.65. The van der Waals surface area contributed by atoms with Gasteiger partial charge in [0.2, 0.25) is 0 Å². The number of hydrogen-bond donors (Lipinski definition) is 1. The molecule has 4 aromatic rings. The van der Waals surface area contributed by atoms with Gasteiger partial charge in [-0.25, -0.2) is 14.8 Å². The first-order chi connectivity index (χ1) is 15.9. The molecule has 10 heteroatoms. The molecule has 0 saturated heterocycles. The van der Waals surface area contributed by atoms with E-state index in [0.29, 0.717) is 16.1 Å². The molecule has 2 aromatic heterocycles. The number of rotatable bonds is 7. The zero-order valence-corrected chi connectivity index (χ0v) is 20.4. The van der Waals surface area contributed by atoms with Gasteiger partial charge in [-0.15, -0.1) is 11.3 Å². The Kier molecular flexibility index (Phi) is 7.49. The fourth-order valence-corrected chi connectivity index (χ4v) is 5.24. The predicted molar refractivity (Wildman–Crippen MR) is 134 cm³/mol. The van der Waals surface area contributed by atoms with E-state index < -0.39 is 18.5 Å². The summed E-state index contributed by atoms with van der Waals surface area (Å²) in [5, 5.41) is 3.14. The number of ether oxygens (including phenoxy) is 1. The zero-order chi connectivity index (χ0) is 23.4. The quantitative estimate of drug-likeness (QED) is 0.225. The normalized spacial score (nSPS) is 10.9. The van der Waals surface area contributed by atoms with E-state index in [4.69, 9.17) is 27.9 Å². The summed E-state index contributed by atoms with van der Waals surface area (Å²) in [7, 11) is 0. The van der Waals surface area contributed by atoms with Crippen LogP contribution >= 0.6 is 46.3 Å². The summed E-state index contributed by atoms with van der Waals surface area (Å²) < 4.78 is 7.25. The molecule has 0 fully saturated rings. The van der Waals surface area contributed by atoms with Crippen molar-refractivity contribution >= 4 is 74.2 Å². The Balaban J connectivity index is 1.28. The minimum Gasteiger partial charge on any atom is -0.452 e. The number of hydrogen-bond acceptors (Lipinski definition) is 7. The van der Waals surface area contributed by atoms with Crippen LogP contribution in [0.15, 0.2) is 59.1 Å². The van der Waals surface area contributed by atoms with E-state index in [1.807, 2.05) is 30.3 Å². The second-order valence-electron chi connectivity index (χ2n) is 6.95. The van der Waals surface area contributed by atoms with Gasteiger partial charge in [-0.3, -0.25) is 4.79 Å². The number of fused-ring (bicyclic) bond motifs is 1. The Bertz CT molecular complexity index is 1290. The van der Waals surface area contributed by atoms with Gasteiger partial charge in [0.1, 0.15) is 0 Å². The van der Waals surface area contributed by atoms with Crippen LogP contribution in [0.1, 0.15) is 21.5 Å². The molecular formula is C23H17Cl2N3O3S2. The molecule has 0 atom stereocenters. The van der Waals surface area contributed by atoms with Gasteiger partial charge in [-0.05, 0) is 42.3 Å². The number of amides is 1. The van der Waals surface area contributed by atoms with Gasteiger partial charge in [0, 0.05) is 11.9 Å². The van der Waals surface area contributed by atoms with Crippen LogP contribution in [0.3, 0.4) is 0 Å². The average Bonchev–Trinajstić information content (AvgIpc) is 3.25. The third kappa shape index (κ3) is 5.83. The van der Waals surface area contributed by atoms with Crippen LogP contribution in [0.5, 0.6) is 0 Å². The van der Waals surface area contributed by atoms with Crippen LogP contribution in [0.2, 0.25) is 10.0 Å². The molecule has 0 aliphatic heterocycles. The summed E-state index contributed by atoms with van der Waals surface area (Å²) in [5.74, 6) is -0.258. The van der Waals surface area contributed by atoms with Crippen LogP contribution in [-0.4, -0.2) is 28.5 Å². The SMILES string of the molecule is Cc1c(Cl)cnc(NC(=O)COC(=O)c2ccc(CSc3nc4ccccc4s3)cc2)c1Cl. The van der Waals surface area contributed by atoms with Crippen molar-refractivity contribution in [3.8, 4) is 0 Å². The van der Waals surface area contributed by atoms with Crippen molar-refractivity contribution in [3.63, 3.8) is 0 Å². The third-order valence-corrected chi connectivity index (χ3v) is 7.71. The summed E-state index contributed by atoms with van der Waals surface area (Å²) in [4.78, 5) is 33.0. The number of aromatic nitrogens is 2. The number of benzene rings is 2. The molecule has 0 unspecified atom stereocenters. The first-order valence-electron chi connectivity index (χ1n) is 9.75. The van der Waals surface area contributed by atoms with Gasteiger partial charge >= 0.3 is 5.97 Å². The smallest absolute Gasteiger partial charge is 0.338 e. The van der Waals surface area contributed by atoms with Gasteiger partial charge in [-0.2, -0.15) is 0 Å². The monoisotopic (exact) mass is 517 g/mol. The largest absolute Gasteiger partial charge is 0.452 e. The summed E-state index contributed by atoms with van der Waals surface area (Å²) >= 11 is 15.4. The highest BCUT2D eigenvalue weighted by Gasteiger charge is 2.14. The van der Waals surface area contributed by atoms with Crippen molar-refractivity contribution in [2.24, 2.45) is 0 Å². The second-order valence-corrected chi connectivity index (χ2v) is 9.99. The Morgan fingerprint density at radius 2 is 1.88 bits per heavy atom. The van der Waals surface area contributed by atoms with Crippen molar-refractivity contribution in [2.75, 3.05) is 11.9 Å². The molecule has 0 aliphatic carbocycles. The first kappa shape index (κ1) is 23.5. The highest BCUT2D eigenvalue weighted by molar-refractivity contribution is 8.00. The molecule has 0 saturated carbocycles. The molecule has 33 heavy (non-hydrogen) atoms. The molecule has 4 rings (SSSR count). The van der Waals surface area contributed by atoms with Crippen molar-refractivity contribution in [3.05, 3.63) is 81.5 Å². The summed E-state index contributed by atoms with van der Waals surface area (Å²) in [5.41, 5.74) is 3.00. The maximum absolute atomic E-state index is 12.3. The second kappa shape index (κ2) is 10.5. The zero-order valence-electron chi connectivity index (χ0n) is 17.3. The Labute approximate surface area is 208 Å². The van der Waals surface area contributed by atoms with Crippen LogP contribution < -0.4 is 5.32 Å². The number of thioether (sulfide) groups is 1. The maximum atomic E-state index is 12.3. The van der Waals surface area contributed by atoms with Crippen molar-refractivity contribution in [1.82, 2.24) is 9.97 Å².